The molecular formula is C15H22BrNO2. The van der Waals surface area contributed by atoms with E-state index >= 15 is 0 Å². The Balaban J connectivity index is 2.67. The van der Waals surface area contributed by atoms with E-state index in [1.165, 1.54) is 0 Å². The minimum atomic E-state index is 0.0207. The average molecular weight is 328 g/mol. The number of ether oxygens (including phenoxy) is 1. The molecule has 3 nitrogen and oxygen atoms in total. The van der Waals surface area contributed by atoms with Crippen LogP contribution in [0.2, 0.25) is 0 Å². The molecule has 0 unspecified atom stereocenters. The summed E-state index contributed by atoms with van der Waals surface area (Å²) in [6.45, 7) is 10.1. The average Bonchev–Trinajstić information content (AvgIpc) is 2.26. The molecule has 0 aliphatic rings. The van der Waals surface area contributed by atoms with Crippen LogP contribution in [0.15, 0.2) is 22.7 Å². The van der Waals surface area contributed by atoms with Gasteiger partial charge < -0.3 is 9.64 Å². The molecule has 1 amide bonds. The van der Waals surface area contributed by atoms with E-state index in [1.807, 2.05) is 57.7 Å². The van der Waals surface area contributed by atoms with Crippen molar-refractivity contribution in [3.05, 3.63) is 28.2 Å². The molecule has 0 fully saturated rings. The molecule has 19 heavy (non-hydrogen) atoms. The van der Waals surface area contributed by atoms with E-state index in [9.17, 15) is 4.79 Å². The molecule has 0 N–H and O–H groups in total. The van der Waals surface area contributed by atoms with E-state index in [1.54, 1.807) is 0 Å². The number of nitrogens with zero attached hydrogens (tertiary/aromatic N) is 1. The second-order valence-corrected chi connectivity index (χ2v) is 6.10. The van der Waals surface area contributed by atoms with Gasteiger partial charge in [-0.2, -0.15) is 0 Å². The van der Waals surface area contributed by atoms with Gasteiger partial charge in [0.1, 0.15) is 5.75 Å². The molecule has 0 spiro atoms. The lowest BCUT2D eigenvalue weighted by Gasteiger charge is -2.30. The molecule has 0 saturated heterocycles. The minimum Gasteiger partial charge on any atom is -0.483 e. The van der Waals surface area contributed by atoms with Crippen molar-refractivity contribution in [1.82, 2.24) is 4.90 Å². The van der Waals surface area contributed by atoms with Crippen molar-refractivity contribution in [2.24, 2.45) is 0 Å². The van der Waals surface area contributed by atoms with Gasteiger partial charge in [0.2, 0.25) is 0 Å². The summed E-state index contributed by atoms with van der Waals surface area (Å²) in [4.78, 5) is 14.0. The normalized spacial score (nSPS) is 10.9. The lowest BCUT2D eigenvalue weighted by atomic mass is 10.2. The molecule has 0 aromatic heterocycles. The lowest BCUT2D eigenvalue weighted by Crippen LogP contribution is -2.44. The summed E-state index contributed by atoms with van der Waals surface area (Å²) in [6.07, 6.45) is 0. The molecule has 0 bridgehead atoms. The largest absolute Gasteiger partial charge is 0.483 e. The topological polar surface area (TPSA) is 29.5 Å². The van der Waals surface area contributed by atoms with Gasteiger partial charge in [-0.1, -0.05) is 15.9 Å². The Morgan fingerprint density at radius 1 is 1.26 bits per heavy atom. The molecule has 4 heteroatoms. The number of halogens is 1. The predicted molar refractivity (Wildman–Crippen MR) is 81.5 cm³/mol. The fraction of sp³-hybridized carbons (Fsp3) is 0.533. The van der Waals surface area contributed by atoms with Crippen molar-refractivity contribution in [2.45, 2.75) is 46.7 Å². The Labute approximate surface area is 124 Å². The number of rotatable bonds is 5. The highest BCUT2D eigenvalue weighted by molar-refractivity contribution is 9.10. The van der Waals surface area contributed by atoms with Crippen LogP contribution in [0, 0.1) is 6.92 Å². The van der Waals surface area contributed by atoms with Crippen LogP contribution >= 0.6 is 15.9 Å². The van der Waals surface area contributed by atoms with Crippen molar-refractivity contribution in [3.8, 4) is 5.75 Å². The molecule has 0 aliphatic carbocycles. The molecule has 0 saturated carbocycles. The first-order valence-corrected chi connectivity index (χ1v) is 7.32. The van der Waals surface area contributed by atoms with Gasteiger partial charge in [-0.3, -0.25) is 4.79 Å². The number of benzene rings is 1. The molecule has 1 rings (SSSR count). The first kappa shape index (κ1) is 16.0. The van der Waals surface area contributed by atoms with E-state index in [0.29, 0.717) is 0 Å². The van der Waals surface area contributed by atoms with Gasteiger partial charge in [0.25, 0.3) is 5.91 Å². The Hall–Kier alpha value is -1.03. The number of carbonyl (C=O) groups is 1. The third-order valence-corrected chi connectivity index (χ3v) is 3.38. The molecule has 0 radical (unpaired) electrons. The van der Waals surface area contributed by atoms with Crippen LogP contribution in [0.1, 0.15) is 33.3 Å². The highest BCUT2D eigenvalue weighted by atomic mass is 79.9. The van der Waals surface area contributed by atoms with E-state index < -0.39 is 0 Å². The molecule has 0 atom stereocenters. The highest BCUT2D eigenvalue weighted by Crippen LogP contribution is 2.22. The number of hydrogen-bond acceptors (Lipinski definition) is 2. The maximum Gasteiger partial charge on any atom is 0.260 e. The van der Waals surface area contributed by atoms with Gasteiger partial charge in [0, 0.05) is 16.6 Å². The van der Waals surface area contributed by atoms with E-state index in [0.717, 1.165) is 15.8 Å². The number of hydrogen-bond donors (Lipinski definition) is 0. The zero-order valence-corrected chi connectivity index (χ0v) is 13.8. The SMILES string of the molecule is Cc1cc(Br)ccc1OCC(=O)N(C(C)C)C(C)C. The first-order valence-electron chi connectivity index (χ1n) is 6.53. The van der Waals surface area contributed by atoms with Crippen molar-refractivity contribution >= 4 is 21.8 Å². The smallest absolute Gasteiger partial charge is 0.260 e. The zero-order valence-electron chi connectivity index (χ0n) is 12.2. The van der Waals surface area contributed by atoms with Gasteiger partial charge in [0.15, 0.2) is 6.61 Å². The standard InChI is InChI=1S/C15H22BrNO2/c1-10(2)17(11(3)4)15(18)9-19-14-7-6-13(16)8-12(14)5/h6-8,10-11H,9H2,1-5H3. The predicted octanol–water partition coefficient (Wildman–Crippen LogP) is 3.78. The Bertz CT molecular complexity index is 436. The fourth-order valence-corrected chi connectivity index (χ4v) is 2.64. The summed E-state index contributed by atoms with van der Waals surface area (Å²) in [6, 6.07) is 6.13. The van der Waals surface area contributed by atoms with Gasteiger partial charge in [-0.05, 0) is 58.4 Å². The fourth-order valence-electron chi connectivity index (χ4n) is 2.16. The summed E-state index contributed by atoms with van der Waals surface area (Å²) in [7, 11) is 0. The van der Waals surface area contributed by atoms with Crippen molar-refractivity contribution < 1.29 is 9.53 Å². The minimum absolute atomic E-state index is 0.0207. The van der Waals surface area contributed by atoms with Crippen LogP contribution in [0.4, 0.5) is 0 Å². The molecule has 0 heterocycles. The van der Waals surface area contributed by atoms with Gasteiger partial charge >= 0.3 is 0 Å². The molecular weight excluding hydrogens is 306 g/mol. The van der Waals surface area contributed by atoms with Crippen molar-refractivity contribution in [3.63, 3.8) is 0 Å². The van der Waals surface area contributed by atoms with Crippen LogP contribution in [0.5, 0.6) is 5.75 Å². The molecule has 106 valence electrons. The zero-order chi connectivity index (χ0) is 14.6. The molecule has 1 aromatic carbocycles. The van der Waals surface area contributed by atoms with Crippen LogP contribution in [0.3, 0.4) is 0 Å². The van der Waals surface area contributed by atoms with Gasteiger partial charge in [-0.25, -0.2) is 0 Å². The Kier molecular flexibility index (Phi) is 5.85. The number of amides is 1. The van der Waals surface area contributed by atoms with Gasteiger partial charge in [0.05, 0.1) is 0 Å². The Morgan fingerprint density at radius 2 is 1.84 bits per heavy atom. The van der Waals surface area contributed by atoms with Crippen LogP contribution in [-0.4, -0.2) is 29.5 Å². The maximum atomic E-state index is 12.2. The molecule has 0 aliphatic heterocycles. The summed E-state index contributed by atoms with van der Waals surface area (Å²) < 4.78 is 6.63. The quantitative estimate of drug-likeness (QED) is 0.823. The van der Waals surface area contributed by atoms with E-state index in [2.05, 4.69) is 15.9 Å². The monoisotopic (exact) mass is 327 g/mol. The lowest BCUT2D eigenvalue weighted by molar-refractivity contribution is -0.136. The van der Waals surface area contributed by atoms with E-state index in [-0.39, 0.29) is 24.6 Å². The number of carbonyl (C=O) groups excluding carboxylic acids is 1. The van der Waals surface area contributed by atoms with E-state index in [4.69, 9.17) is 4.74 Å². The second-order valence-electron chi connectivity index (χ2n) is 5.19. The summed E-state index contributed by atoms with van der Waals surface area (Å²) in [5, 5.41) is 0. The van der Waals surface area contributed by atoms with Crippen molar-refractivity contribution in [2.75, 3.05) is 6.61 Å². The summed E-state index contributed by atoms with van der Waals surface area (Å²) in [5.74, 6) is 0.774. The highest BCUT2D eigenvalue weighted by Gasteiger charge is 2.20. The second kappa shape index (κ2) is 6.94. The number of aryl methyl sites for hydroxylation is 1. The van der Waals surface area contributed by atoms with Crippen LogP contribution in [-0.2, 0) is 4.79 Å². The third kappa shape index (κ3) is 4.53. The van der Waals surface area contributed by atoms with Gasteiger partial charge in [-0.15, -0.1) is 0 Å². The summed E-state index contributed by atoms with van der Waals surface area (Å²) in [5.41, 5.74) is 1.02. The van der Waals surface area contributed by atoms with Crippen molar-refractivity contribution in [1.29, 1.82) is 0 Å². The molecule has 1 aromatic rings. The maximum absolute atomic E-state index is 12.2. The van der Waals surface area contributed by atoms with Crippen LogP contribution in [0.25, 0.3) is 0 Å². The third-order valence-electron chi connectivity index (χ3n) is 2.89. The Morgan fingerprint density at radius 3 is 2.32 bits per heavy atom. The van der Waals surface area contributed by atoms with Crippen LogP contribution < -0.4 is 4.74 Å². The summed E-state index contributed by atoms with van der Waals surface area (Å²) >= 11 is 3.41. The first-order chi connectivity index (χ1) is 8.82.